The van der Waals surface area contributed by atoms with Crippen molar-refractivity contribution in [2.45, 2.75) is 70.9 Å². The highest BCUT2D eigenvalue weighted by Crippen LogP contribution is 2.22. The summed E-state index contributed by atoms with van der Waals surface area (Å²) in [7, 11) is 0. The van der Waals surface area contributed by atoms with Crippen molar-refractivity contribution >= 4 is 23.7 Å². The zero-order chi connectivity index (χ0) is 25.5. The number of benzene rings is 1. The van der Waals surface area contributed by atoms with Gasteiger partial charge in [-0.2, -0.15) is 0 Å². The van der Waals surface area contributed by atoms with Crippen LogP contribution in [0.3, 0.4) is 0 Å². The van der Waals surface area contributed by atoms with Crippen LogP contribution in [0.25, 0.3) is 0 Å². The smallest absolute Gasteiger partial charge is 0.239 e. The number of carbonyl (C=O) groups is 2. The number of thiazole rings is 1. The van der Waals surface area contributed by atoms with Crippen LogP contribution in [0.4, 0.5) is 0 Å². The first kappa shape index (κ1) is 28.9. The highest BCUT2D eigenvalue weighted by molar-refractivity contribution is 7.07. The van der Waals surface area contributed by atoms with E-state index in [-0.39, 0.29) is 17.5 Å². The molecule has 2 aromatic rings. The Hall–Kier alpha value is -2.29. The van der Waals surface area contributed by atoms with Crippen molar-refractivity contribution in [3.63, 3.8) is 0 Å². The molecule has 35 heavy (non-hydrogen) atoms. The zero-order valence-electron chi connectivity index (χ0n) is 21.5. The maximum absolute atomic E-state index is 13.4. The molecule has 1 saturated heterocycles. The maximum atomic E-state index is 13.4. The van der Waals surface area contributed by atoms with Crippen LogP contribution >= 0.6 is 11.3 Å². The molecule has 2 heterocycles. The fourth-order valence-corrected chi connectivity index (χ4v) is 4.80. The molecule has 0 spiro atoms. The molecule has 3 rings (SSSR count). The average molecular weight is 502 g/mol. The molecule has 0 radical (unpaired) electrons. The molecule has 0 aliphatic carbocycles. The van der Waals surface area contributed by atoms with Crippen molar-refractivity contribution in [1.82, 2.24) is 20.5 Å². The molecule has 2 atom stereocenters. The van der Waals surface area contributed by atoms with E-state index in [2.05, 4.69) is 50.2 Å². The lowest BCUT2D eigenvalue weighted by molar-refractivity contribution is -0.135. The fraction of sp³-hybridized carbons (Fsp3) is 0.593. The van der Waals surface area contributed by atoms with Crippen molar-refractivity contribution in [2.75, 3.05) is 26.2 Å². The number of aromatic nitrogens is 1. The van der Waals surface area contributed by atoms with Gasteiger partial charge in [-0.3, -0.25) is 9.59 Å². The van der Waals surface area contributed by atoms with E-state index in [1.807, 2.05) is 32.3 Å². The molecular formula is C27H43N5O2S. The second-order valence-electron chi connectivity index (χ2n) is 9.95. The minimum Gasteiger partial charge on any atom is -0.359 e. The minimum atomic E-state index is -0.340. The van der Waals surface area contributed by atoms with E-state index in [1.165, 1.54) is 12.0 Å². The van der Waals surface area contributed by atoms with Gasteiger partial charge in [0.05, 0.1) is 17.2 Å². The van der Waals surface area contributed by atoms with Gasteiger partial charge in [-0.05, 0) is 70.8 Å². The predicted molar refractivity (Wildman–Crippen MR) is 144 cm³/mol. The van der Waals surface area contributed by atoms with Gasteiger partial charge in [0.1, 0.15) is 0 Å². The first-order valence-corrected chi connectivity index (χ1v) is 13.7. The Morgan fingerprint density at radius 1 is 1.34 bits per heavy atom. The van der Waals surface area contributed by atoms with E-state index < -0.39 is 0 Å². The molecule has 2 amide bonds. The molecule has 7 nitrogen and oxygen atoms in total. The molecule has 194 valence electrons. The van der Waals surface area contributed by atoms with E-state index in [0.29, 0.717) is 18.9 Å². The van der Waals surface area contributed by atoms with Crippen molar-refractivity contribution in [3.05, 3.63) is 52.5 Å². The summed E-state index contributed by atoms with van der Waals surface area (Å²) in [5.41, 5.74) is 10.2. The van der Waals surface area contributed by atoms with Crippen LogP contribution in [0.15, 0.2) is 41.2 Å². The van der Waals surface area contributed by atoms with Crippen LogP contribution in [-0.2, 0) is 22.4 Å². The van der Waals surface area contributed by atoms with E-state index >= 15 is 0 Å². The van der Waals surface area contributed by atoms with Gasteiger partial charge < -0.3 is 21.3 Å². The first-order chi connectivity index (χ1) is 16.8. The van der Waals surface area contributed by atoms with Gasteiger partial charge in [0.25, 0.3) is 0 Å². The lowest BCUT2D eigenvalue weighted by Crippen LogP contribution is -2.54. The van der Waals surface area contributed by atoms with Crippen LogP contribution < -0.4 is 16.4 Å². The normalized spacial score (nSPS) is 16.7. The largest absolute Gasteiger partial charge is 0.359 e. The van der Waals surface area contributed by atoms with Gasteiger partial charge in [0, 0.05) is 37.1 Å². The molecule has 0 saturated carbocycles. The van der Waals surface area contributed by atoms with Crippen LogP contribution in [0, 0.1) is 5.92 Å². The molecule has 8 heteroatoms. The van der Waals surface area contributed by atoms with Crippen molar-refractivity contribution < 1.29 is 9.59 Å². The second-order valence-corrected chi connectivity index (χ2v) is 10.7. The number of nitrogens with zero attached hydrogens (tertiary/aromatic N) is 2. The minimum absolute atomic E-state index is 0.172. The summed E-state index contributed by atoms with van der Waals surface area (Å²) in [6.07, 6.45) is 6.69. The highest BCUT2D eigenvalue weighted by atomic mass is 32.1. The number of aryl methyl sites for hydroxylation is 1. The predicted octanol–water partition coefficient (Wildman–Crippen LogP) is 3.39. The number of nitrogens with two attached hydrogens (primary N) is 1. The highest BCUT2D eigenvalue weighted by Gasteiger charge is 2.29. The second kappa shape index (κ2) is 15.7. The number of hydrogen-bond donors (Lipinski definition) is 3. The first-order valence-electron chi connectivity index (χ1n) is 12.7. The number of carbonyl (C=O) groups excluding carboxylic acids is 2. The summed E-state index contributed by atoms with van der Waals surface area (Å²) in [6, 6.07) is 10.3. The van der Waals surface area contributed by atoms with Gasteiger partial charge in [0.15, 0.2) is 0 Å². The SMILES string of the molecule is CC(C)(N)CNC(CCCc1ccccc1)C(=O)N1CCCC(Cc2cscn2)C1.CCNC=O. The molecule has 0 bridgehead atoms. The third-order valence-corrected chi connectivity index (χ3v) is 6.64. The van der Waals surface area contributed by atoms with Gasteiger partial charge in [-0.15, -0.1) is 11.3 Å². The Kier molecular flexibility index (Phi) is 12.9. The number of likely N-dealkylation sites (tertiary alicyclic amines) is 1. The standard InChI is InChI=1S/C24H36N4OS.C3H7NO/c1-24(2,25)17-26-22(12-6-10-19-8-4-3-5-9-19)23(29)28-13-7-11-20(15-28)14-21-16-30-18-27-21;1-2-4-3-5/h3-5,8-9,16,18,20,22,26H,6-7,10-15,17,25H2,1-2H3;3H,2H2,1H3,(H,4,5). The van der Waals surface area contributed by atoms with E-state index in [1.54, 1.807) is 11.3 Å². The molecule has 1 aromatic heterocycles. The van der Waals surface area contributed by atoms with Gasteiger partial charge >= 0.3 is 0 Å². The van der Waals surface area contributed by atoms with Crippen LogP contribution in [-0.4, -0.2) is 60.0 Å². The van der Waals surface area contributed by atoms with Gasteiger partial charge in [-0.25, -0.2) is 4.98 Å². The van der Waals surface area contributed by atoms with Gasteiger partial charge in [0.2, 0.25) is 12.3 Å². The third-order valence-electron chi connectivity index (χ3n) is 6.00. The lowest BCUT2D eigenvalue weighted by Gasteiger charge is -2.36. The Morgan fingerprint density at radius 3 is 2.71 bits per heavy atom. The summed E-state index contributed by atoms with van der Waals surface area (Å²) in [4.78, 5) is 29.2. The fourth-order valence-electron chi connectivity index (χ4n) is 4.22. The van der Waals surface area contributed by atoms with Crippen molar-refractivity contribution in [2.24, 2.45) is 11.7 Å². The molecular weight excluding hydrogens is 458 g/mol. The Balaban J connectivity index is 0.000000784. The summed E-state index contributed by atoms with van der Waals surface area (Å²) >= 11 is 1.64. The Bertz CT molecular complexity index is 839. The number of piperidine rings is 1. The molecule has 1 aliphatic heterocycles. The van der Waals surface area contributed by atoms with E-state index in [0.717, 1.165) is 57.4 Å². The topological polar surface area (TPSA) is 100 Å². The molecule has 1 aliphatic rings. The monoisotopic (exact) mass is 501 g/mol. The quantitative estimate of drug-likeness (QED) is 0.387. The van der Waals surface area contributed by atoms with Gasteiger partial charge in [-0.1, -0.05) is 30.3 Å². The summed E-state index contributed by atoms with van der Waals surface area (Å²) < 4.78 is 0. The molecule has 2 unspecified atom stereocenters. The summed E-state index contributed by atoms with van der Waals surface area (Å²) in [5.74, 6) is 0.732. The van der Waals surface area contributed by atoms with Crippen molar-refractivity contribution in [1.29, 1.82) is 0 Å². The van der Waals surface area contributed by atoms with Crippen LogP contribution in [0.1, 0.15) is 57.7 Å². The molecule has 4 N–H and O–H groups in total. The number of amides is 2. The van der Waals surface area contributed by atoms with E-state index in [4.69, 9.17) is 5.73 Å². The van der Waals surface area contributed by atoms with E-state index in [9.17, 15) is 9.59 Å². The summed E-state index contributed by atoms with van der Waals surface area (Å²) in [6.45, 7) is 8.91. The van der Waals surface area contributed by atoms with Crippen LogP contribution in [0.5, 0.6) is 0 Å². The number of rotatable bonds is 12. The zero-order valence-corrected chi connectivity index (χ0v) is 22.4. The van der Waals surface area contributed by atoms with Crippen molar-refractivity contribution in [3.8, 4) is 0 Å². The molecule has 1 fully saturated rings. The average Bonchev–Trinajstić information content (AvgIpc) is 3.35. The number of hydrogen-bond acceptors (Lipinski definition) is 6. The molecule has 1 aromatic carbocycles. The maximum Gasteiger partial charge on any atom is 0.239 e. The lowest BCUT2D eigenvalue weighted by atomic mass is 9.92. The number of nitrogens with one attached hydrogen (secondary N) is 2. The Labute approximate surface area is 214 Å². The van der Waals surface area contributed by atoms with Crippen LogP contribution in [0.2, 0.25) is 0 Å². The Morgan fingerprint density at radius 2 is 2.11 bits per heavy atom. The third kappa shape index (κ3) is 11.8. The summed E-state index contributed by atoms with van der Waals surface area (Å²) in [5, 5.41) is 8.03.